The minimum atomic E-state index is -0.505. The van der Waals surface area contributed by atoms with Gasteiger partial charge >= 0.3 is 0 Å². The van der Waals surface area contributed by atoms with E-state index in [2.05, 4.69) is 4.90 Å². The molecule has 1 aromatic carbocycles. The molecule has 1 heterocycles. The zero-order valence-electron chi connectivity index (χ0n) is 11.0. The number of carbonyl (C=O) groups excluding carboxylic acids is 1. The Morgan fingerprint density at radius 1 is 1.42 bits per heavy atom. The maximum Gasteiger partial charge on any atom is 0.250 e. The average molecular weight is 263 g/mol. The van der Waals surface area contributed by atoms with Gasteiger partial charge in [0, 0.05) is 30.6 Å². The molecule has 1 amide bonds. The molecule has 0 spiro atoms. The molecule has 0 radical (unpaired) electrons. The number of benzene rings is 1. The highest BCUT2D eigenvalue weighted by molar-refractivity contribution is 5.99. The van der Waals surface area contributed by atoms with E-state index in [9.17, 15) is 4.79 Å². The zero-order valence-corrected chi connectivity index (χ0v) is 11.0. The summed E-state index contributed by atoms with van der Waals surface area (Å²) in [7, 11) is 0. The molecule has 5 heteroatoms. The van der Waals surface area contributed by atoms with E-state index in [1.165, 1.54) is 6.42 Å². The van der Waals surface area contributed by atoms with Crippen LogP contribution in [-0.2, 0) is 0 Å². The fourth-order valence-corrected chi connectivity index (χ4v) is 2.73. The average Bonchev–Trinajstić information content (AvgIpc) is 2.40. The molecule has 1 unspecified atom stereocenters. The van der Waals surface area contributed by atoms with Crippen LogP contribution in [-0.4, -0.2) is 30.2 Å². The third-order valence-corrected chi connectivity index (χ3v) is 3.72. The van der Waals surface area contributed by atoms with E-state index < -0.39 is 5.91 Å². The van der Waals surface area contributed by atoms with Crippen molar-refractivity contribution in [3.63, 3.8) is 0 Å². The molecule has 0 aliphatic carbocycles. The van der Waals surface area contributed by atoms with E-state index in [1.807, 2.05) is 6.07 Å². The van der Waals surface area contributed by atoms with Gasteiger partial charge in [-0.2, -0.15) is 0 Å². The summed E-state index contributed by atoms with van der Waals surface area (Å²) in [4.78, 5) is 13.6. The number of aliphatic hydroxyl groups is 1. The van der Waals surface area contributed by atoms with Gasteiger partial charge in [0.1, 0.15) is 0 Å². The van der Waals surface area contributed by atoms with Crippen molar-refractivity contribution in [2.75, 3.05) is 23.8 Å². The van der Waals surface area contributed by atoms with E-state index >= 15 is 0 Å². The van der Waals surface area contributed by atoms with Crippen molar-refractivity contribution >= 4 is 17.3 Å². The molecule has 1 atom stereocenters. The largest absolute Gasteiger partial charge is 0.398 e. The SMILES string of the molecule is NC(=O)c1cc(N2CCCCC2CCO)ccc1N. The fraction of sp³-hybridized carbons (Fsp3) is 0.500. The summed E-state index contributed by atoms with van der Waals surface area (Å²) in [5.41, 5.74) is 12.8. The Morgan fingerprint density at radius 2 is 2.21 bits per heavy atom. The van der Waals surface area contributed by atoms with Gasteiger partial charge in [-0.15, -0.1) is 0 Å². The molecule has 1 aromatic rings. The molecule has 1 aliphatic heterocycles. The number of carbonyl (C=O) groups is 1. The summed E-state index contributed by atoms with van der Waals surface area (Å²) in [6.07, 6.45) is 4.12. The predicted octanol–water partition coefficient (Wildman–Crippen LogP) is 1.11. The topological polar surface area (TPSA) is 92.6 Å². The number of nitrogens with zero attached hydrogens (tertiary/aromatic N) is 1. The van der Waals surface area contributed by atoms with Gasteiger partial charge in [-0.3, -0.25) is 4.79 Å². The van der Waals surface area contributed by atoms with E-state index in [1.54, 1.807) is 12.1 Å². The Morgan fingerprint density at radius 3 is 2.89 bits per heavy atom. The quantitative estimate of drug-likeness (QED) is 0.709. The number of primary amides is 1. The zero-order chi connectivity index (χ0) is 13.8. The third kappa shape index (κ3) is 2.98. The molecule has 0 bridgehead atoms. The Bertz CT molecular complexity index is 460. The highest BCUT2D eigenvalue weighted by atomic mass is 16.3. The standard InChI is InChI=1S/C14H21N3O2/c15-13-5-4-11(9-12(13)14(16)19)17-7-2-1-3-10(17)6-8-18/h4-5,9-10,18H,1-3,6-8,15H2,(H2,16,19). The summed E-state index contributed by atoms with van der Waals surface area (Å²) in [5, 5.41) is 9.15. The Hall–Kier alpha value is -1.75. The van der Waals surface area contributed by atoms with Crippen molar-refractivity contribution in [3.05, 3.63) is 23.8 Å². The maximum atomic E-state index is 11.3. The maximum absolute atomic E-state index is 11.3. The Labute approximate surface area is 113 Å². The van der Waals surface area contributed by atoms with Crippen molar-refractivity contribution < 1.29 is 9.90 Å². The molecule has 5 nitrogen and oxygen atoms in total. The van der Waals surface area contributed by atoms with Crippen LogP contribution in [0.4, 0.5) is 11.4 Å². The molecule has 104 valence electrons. The van der Waals surface area contributed by atoms with Crippen molar-refractivity contribution in [1.29, 1.82) is 0 Å². The smallest absolute Gasteiger partial charge is 0.250 e. The van der Waals surface area contributed by atoms with Crippen molar-refractivity contribution in [2.24, 2.45) is 5.73 Å². The van der Waals surface area contributed by atoms with Crippen LogP contribution in [0.3, 0.4) is 0 Å². The number of rotatable bonds is 4. The number of nitrogen functional groups attached to an aromatic ring is 1. The van der Waals surface area contributed by atoms with Crippen LogP contribution in [0.1, 0.15) is 36.0 Å². The van der Waals surface area contributed by atoms with Gasteiger partial charge in [0.2, 0.25) is 0 Å². The molecule has 1 aliphatic rings. The first-order chi connectivity index (χ1) is 9.13. The van der Waals surface area contributed by atoms with Crippen LogP contribution in [0.2, 0.25) is 0 Å². The lowest BCUT2D eigenvalue weighted by atomic mass is 9.98. The summed E-state index contributed by atoms with van der Waals surface area (Å²) in [6, 6.07) is 5.72. The second-order valence-corrected chi connectivity index (χ2v) is 4.99. The minimum absolute atomic E-state index is 0.179. The van der Waals surface area contributed by atoms with Crippen molar-refractivity contribution in [2.45, 2.75) is 31.7 Å². The minimum Gasteiger partial charge on any atom is -0.398 e. The summed E-state index contributed by atoms with van der Waals surface area (Å²) < 4.78 is 0. The van der Waals surface area contributed by atoms with Crippen LogP contribution in [0.5, 0.6) is 0 Å². The highest BCUT2D eigenvalue weighted by Crippen LogP contribution is 2.28. The van der Waals surface area contributed by atoms with Gasteiger partial charge in [-0.05, 0) is 43.9 Å². The number of aliphatic hydroxyl groups excluding tert-OH is 1. The molecule has 0 saturated carbocycles. The monoisotopic (exact) mass is 263 g/mol. The lowest BCUT2D eigenvalue weighted by molar-refractivity contribution is 0.100. The van der Waals surface area contributed by atoms with Gasteiger partial charge in [-0.25, -0.2) is 0 Å². The van der Waals surface area contributed by atoms with Crippen LogP contribution in [0.25, 0.3) is 0 Å². The van der Waals surface area contributed by atoms with Gasteiger partial charge < -0.3 is 21.5 Å². The molecular formula is C14H21N3O2. The molecular weight excluding hydrogens is 242 g/mol. The van der Waals surface area contributed by atoms with Gasteiger partial charge in [-0.1, -0.05) is 0 Å². The van der Waals surface area contributed by atoms with Gasteiger partial charge in [0.05, 0.1) is 5.56 Å². The first-order valence-electron chi connectivity index (χ1n) is 6.70. The summed E-state index contributed by atoms with van der Waals surface area (Å²) in [5.74, 6) is -0.505. The number of hydrogen-bond donors (Lipinski definition) is 3. The van der Waals surface area contributed by atoms with Crippen molar-refractivity contribution in [3.8, 4) is 0 Å². The van der Waals surface area contributed by atoms with Crippen molar-refractivity contribution in [1.82, 2.24) is 0 Å². The number of piperidine rings is 1. The second kappa shape index (κ2) is 5.93. The molecule has 1 saturated heterocycles. The number of amides is 1. The summed E-state index contributed by atoms with van der Waals surface area (Å²) in [6.45, 7) is 1.12. The Balaban J connectivity index is 2.28. The van der Waals surface area contributed by atoms with Crippen LogP contribution >= 0.6 is 0 Å². The lowest BCUT2D eigenvalue weighted by Gasteiger charge is -2.37. The van der Waals surface area contributed by atoms with E-state index in [0.717, 1.165) is 31.5 Å². The van der Waals surface area contributed by atoms with Gasteiger partial charge in [0.15, 0.2) is 0 Å². The summed E-state index contributed by atoms with van der Waals surface area (Å²) >= 11 is 0. The molecule has 19 heavy (non-hydrogen) atoms. The van der Waals surface area contributed by atoms with E-state index in [0.29, 0.717) is 17.3 Å². The molecule has 2 rings (SSSR count). The highest BCUT2D eigenvalue weighted by Gasteiger charge is 2.23. The second-order valence-electron chi connectivity index (χ2n) is 4.99. The van der Waals surface area contributed by atoms with E-state index in [-0.39, 0.29) is 6.61 Å². The molecule has 1 fully saturated rings. The van der Waals surface area contributed by atoms with E-state index in [4.69, 9.17) is 16.6 Å². The normalized spacial score (nSPS) is 19.4. The number of hydrogen-bond acceptors (Lipinski definition) is 4. The van der Waals surface area contributed by atoms with Crippen LogP contribution in [0.15, 0.2) is 18.2 Å². The number of nitrogens with two attached hydrogens (primary N) is 2. The van der Waals surface area contributed by atoms with Crippen LogP contribution < -0.4 is 16.4 Å². The molecule has 0 aromatic heterocycles. The number of anilines is 2. The fourth-order valence-electron chi connectivity index (χ4n) is 2.73. The predicted molar refractivity (Wildman–Crippen MR) is 76.1 cm³/mol. The van der Waals surface area contributed by atoms with Crippen LogP contribution in [0, 0.1) is 0 Å². The first kappa shape index (κ1) is 13.7. The first-order valence-corrected chi connectivity index (χ1v) is 6.70. The molecule has 5 N–H and O–H groups in total. The Kier molecular flexibility index (Phi) is 4.27. The third-order valence-electron chi connectivity index (χ3n) is 3.72. The lowest BCUT2D eigenvalue weighted by Crippen LogP contribution is -2.40. The van der Waals surface area contributed by atoms with Gasteiger partial charge in [0.25, 0.3) is 5.91 Å².